The molecular weight excluding hydrogens is 841 g/mol. The van der Waals surface area contributed by atoms with E-state index in [1.165, 1.54) is 22.3 Å². The van der Waals surface area contributed by atoms with Gasteiger partial charge in [-0.1, -0.05) is 193 Å². The highest BCUT2D eigenvalue weighted by Crippen LogP contribution is 2.42. The molecule has 0 spiro atoms. The van der Waals surface area contributed by atoms with E-state index < -0.39 is 0 Å². The van der Waals surface area contributed by atoms with Crippen molar-refractivity contribution in [2.45, 2.75) is 13.8 Å². The molecular formula is C63H44N6. The van der Waals surface area contributed by atoms with Crippen molar-refractivity contribution >= 4 is 21.8 Å². The minimum absolute atomic E-state index is 0.559. The van der Waals surface area contributed by atoms with Crippen LogP contribution in [0.5, 0.6) is 0 Å². The van der Waals surface area contributed by atoms with Crippen LogP contribution in [-0.4, -0.2) is 29.5 Å². The van der Waals surface area contributed by atoms with Crippen LogP contribution in [0.2, 0.25) is 0 Å². The van der Waals surface area contributed by atoms with Crippen molar-refractivity contribution in [3.05, 3.63) is 242 Å². The summed E-state index contributed by atoms with van der Waals surface area (Å²) < 4.78 is 2.40. The van der Waals surface area contributed by atoms with Crippen molar-refractivity contribution in [2.75, 3.05) is 0 Å². The molecule has 0 aliphatic heterocycles. The third-order valence-corrected chi connectivity index (χ3v) is 12.8. The van der Waals surface area contributed by atoms with E-state index in [2.05, 4.69) is 164 Å². The van der Waals surface area contributed by atoms with Crippen molar-refractivity contribution in [1.82, 2.24) is 29.5 Å². The summed E-state index contributed by atoms with van der Waals surface area (Å²) in [6.45, 7) is 4.30. The second kappa shape index (κ2) is 17.6. The van der Waals surface area contributed by atoms with Crippen LogP contribution in [-0.2, 0) is 0 Å². The number of nitrogens with zero attached hydrogens (tertiary/aromatic N) is 6. The summed E-state index contributed by atoms with van der Waals surface area (Å²) in [6.07, 6.45) is 0. The van der Waals surface area contributed by atoms with E-state index in [0.717, 1.165) is 83.4 Å². The van der Waals surface area contributed by atoms with E-state index in [0.29, 0.717) is 23.3 Å². The van der Waals surface area contributed by atoms with Crippen LogP contribution >= 0.6 is 0 Å². The van der Waals surface area contributed by atoms with Gasteiger partial charge in [-0.2, -0.15) is 0 Å². The van der Waals surface area contributed by atoms with Gasteiger partial charge < -0.3 is 4.57 Å². The fourth-order valence-electron chi connectivity index (χ4n) is 9.36. The molecule has 0 saturated carbocycles. The summed E-state index contributed by atoms with van der Waals surface area (Å²) in [5, 5.41) is 2.31. The number of aryl methyl sites for hydroxylation is 2. The summed E-state index contributed by atoms with van der Waals surface area (Å²) in [5.74, 6) is 2.39. The Labute approximate surface area is 401 Å². The van der Waals surface area contributed by atoms with Gasteiger partial charge in [0, 0.05) is 44.2 Å². The second-order valence-corrected chi connectivity index (χ2v) is 17.5. The van der Waals surface area contributed by atoms with Gasteiger partial charge in [0.15, 0.2) is 23.3 Å². The first kappa shape index (κ1) is 41.3. The fourth-order valence-corrected chi connectivity index (χ4v) is 9.36. The summed E-state index contributed by atoms with van der Waals surface area (Å²) in [6, 6.07) is 80.6. The lowest BCUT2D eigenvalue weighted by Gasteiger charge is -2.17. The van der Waals surface area contributed by atoms with Gasteiger partial charge in [-0.25, -0.2) is 24.9 Å². The number of aromatic nitrogens is 6. The van der Waals surface area contributed by atoms with E-state index in [1.807, 2.05) is 84.9 Å². The lowest BCUT2D eigenvalue weighted by atomic mass is 9.99. The molecule has 0 unspecified atom stereocenters. The van der Waals surface area contributed by atoms with Gasteiger partial charge in [-0.3, -0.25) is 0 Å². The Morgan fingerprint density at radius 3 is 1.14 bits per heavy atom. The molecule has 69 heavy (non-hydrogen) atoms. The van der Waals surface area contributed by atoms with Crippen molar-refractivity contribution in [3.63, 3.8) is 0 Å². The average molecular weight is 885 g/mol. The van der Waals surface area contributed by atoms with E-state index in [-0.39, 0.29) is 0 Å². The van der Waals surface area contributed by atoms with Crippen LogP contribution in [0.3, 0.4) is 0 Å². The Balaban J connectivity index is 1.15. The van der Waals surface area contributed by atoms with Crippen molar-refractivity contribution in [2.24, 2.45) is 0 Å². The van der Waals surface area contributed by atoms with E-state index in [1.54, 1.807) is 0 Å². The van der Waals surface area contributed by atoms with Crippen LogP contribution in [0.1, 0.15) is 11.1 Å². The molecule has 0 radical (unpaired) electrons. The summed E-state index contributed by atoms with van der Waals surface area (Å²) >= 11 is 0. The van der Waals surface area contributed by atoms with Crippen LogP contribution in [0.15, 0.2) is 231 Å². The molecule has 3 aromatic heterocycles. The topological polar surface area (TPSA) is 69.4 Å². The van der Waals surface area contributed by atoms with Gasteiger partial charge in [-0.05, 0) is 84.6 Å². The molecule has 0 amide bonds. The molecule has 0 atom stereocenters. The van der Waals surface area contributed by atoms with E-state index in [9.17, 15) is 0 Å². The molecule has 0 aliphatic rings. The molecule has 6 nitrogen and oxygen atoms in total. The fraction of sp³-hybridized carbons (Fsp3) is 0.0317. The SMILES string of the molecule is Cc1cccc(-c2ccc3c(c2)c2cc(-c4cccc(C)c4)ccc2n3-c2ccc(-c3nc(-c4ccccc4)nc(-c4ccccc4)n3)cc2-c2cc(-c3ccccc3)nc(-c3ccccc3)n2)c1. The maximum Gasteiger partial charge on any atom is 0.164 e. The first-order valence-electron chi connectivity index (χ1n) is 23.2. The zero-order chi connectivity index (χ0) is 46.3. The number of rotatable bonds is 9. The minimum atomic E-state index is 0.559. The lowest BCUT2D eigenvalue weighted by Crippen LogP contribution is -2.03. The van der Waals surface area contributed by atoms with E-state index >= 15 is 0 Å². The molecule has 326 valence electrons. The quantitative estimate of drug-likeness (QED) is 0.144. The molecule has 0 saturated heterocycles. The van der Waals surface area contributed by atoms with Crippen LogP contribution in [0.4, 0.5) is 0 Å². The molecule has 0 bridgehead atoms. The molecule has 9 aromatic carbocycles. The van der Waals surface area contributed by atoms with Gasteiger partial charge in [0.25, 0.3) is 0 Å². The zero-order valence-corrected chi connectivity index (χ0v) is 38.1. The Kier molecular flexibility index (Phi) is 10.5. The Bertz CT molecular complexity index is 3630. The molecule has 6 heteroatoms. The monoisotopic (exact) mass is 884 g/mol. The third kappa shape index (κ3) is 8.04. The standard InChI is InChI=1S/C63H44N6/c1-41-17-15-27-47(35-41)49-29-32-57-52(37-49)53-38-50(48-28-16-18-42(2)36-48)30-33-58(53)69(57)59-34-31-51(63-67-61(45-23-11-5-12-24-45)66-62(68-63)46-25-13-6-14-26-46)39-54(59)56-40-55(43-19-7-3-8-20-43)64-60(65-56)44-21-9-4-10-22-44/h3-40H,1-2H3. The van der Waals surface area contributed by atoms with Crippen LogP contribution in [0.25, 0.3) is 118 Å². The Morgan fingerprint density at radius 1 is 0.275 bits per heavy atom. The van der Waals surface area contributed by atoms with Gasteiger partial charge >= 0.3 is 0 Å². The molecule has 3 heterocycles. The maximum absolute atomic E-state index is 5.44. The van der Waals surface area contributed by atoms with Gasteiger partial charge in [0.1, 0.15) is 0 Å². The summed E-state index contributed by atoms with van der Waals surface area (Å²) in [5.41, 5.74) is 17.3. The minimum Gasteiger partial charge on any atom is -0.309 e. The number of benzene rings is 9. The molecule has 12 rings (SSSR count). The van der Waals surface area contributed by atoms with E-state index in [4.69, 9.17) is 24.9 Å². The largest absolute Gasteiger partial charge is 0.309 e. The predicted molar refractivity (Wildman–Crippen MR) is 283 cm³/mol. The Morgan fingerprint density at radius 2 is 0.667 bits per heavy atom. The first-order valence-corrected chi connectivity index (χ1v) is 23.2. The normalized spacial score (nSPS) is 11.3. The number of hydrogen-bond donors (Lipinski definition) is 0. The van der Waals surface area contributed by atoms with Crippen molar-refractivity contribution in [3.8, 4) is 96.0 Å². The zero-order valence-electron chi connectivity index (χ0n) is 38.1. The smallest absolute Gasteiger partial charge is 0.164 e. The number of fused-ring (bicyclic) bond motifs is 3. The lowest BCUT2D eigenvalue weighted by molar-refractivity contribution is 1.07. The summed E-state index contributed by atoms with van der Waals surface area (Å²) in [4.78, 5) is 26.0. The molecule has 0 N–H and O–H groups in total. The maximum atomic E-state index is 5.44. The van der Waals surface area contributed by atoms with Gasteiger partial charge in [0.2, 0.25) is 0 Å². The molecule has 12 aromatic rings. The molecule has 0 aliphatic carbocycles. The number of hydrogen-bond acceptors (Lipinski definition) is 5. The first-order chi connectivity index (χ1) is 34.0. The predicted octanol–water partition coefficient (Wildman–Crippen LogP) is 15.7. The average Bonchev–Trinajstić information content (AvgIpc) is 3.74. The highest BCUT2D eigenvalue weighted by molar-refractivity contribution is 6.12. The van der Waals surface area contributed by atoms with Crippen LogP contribution < -0.4 is 0 Å². The highest BCUT2D eigenvalue weighted by Gasteiger charge is 2.22. The van der Waals surface area contributed by atoms with Crippen LogP contribution in [0, 0.1) is 13.8 Å². The van der Waals surface area contributed by atoms with Gasteiger partial charge in [0.05, 0.1) is 28.1 Å². The van der Waals surface area contributed by atoms with Gasteiger partial charge in [-0.15, -0.1) is 0 Å². The van der Waals surface area contributed by atoms with Crippen molar-refractivity contribution in [1.29, 1.82) is 0 Å². The molecule has 0 fully saturated rings. The van der Waals surface area contributed by atoms with Crippen molar-refractivity contribution < 1.29 is 0 Å². The summed E-state index contributed by atoms with van der Waals surface area (Å²) in [7, 11) is 0. The Hall–Kier alpha value is -9.13. The third-order valence-electron chi connectivity index (χ3n) is 12.8. The highest BCUT2D eigenvalue weighted by atomic mass is 15.0. The second-order valence-electron chi connectivity index (χ2n) is 17.5.